The molecule has 0 radical (unpaired) electrons. The Morgan fingerprint density at radius 2 is 2.50 bits per heavy atom. The van der Waals surface area contributed by atoms with Crippen molar-refractivity contribution in [2.24, 2.45) is 4.99 Å². The summed E-state index contributed by atoms with van der Waals surface area (Å²) in [6, 6.07) is 0. The number of nitrogens with one attached hydrogen (secondary N) is 1. The molecule has 1 unspecified atom stereocenters. The van der Waals surface area contributed by atoms with Crippen LogP contribution in [-0.4, -0.2) is 27.5 Å². The van der Waals surface area contributed by atoms with Crippen molar-refractivity contribution < 1.29 is 9.90 Å². The fraction of sp³-hybridized carbons (Fsp3) is 0.444. The highest BCUT2D eigenvalue weighted by molar-refractivity contribution is 9.09. The van der Waals surface area contributed by atoms with Gasteiger partial charge < -0.3 is 5.11 Å². The lowest BCUT2D eigenvalue weighted by atomic mass is 10.1. The third kappa shape index (κ3) is 2.51. The Morgan fingerprint density at radius 3 is 3.00 bits per heavy atom. The molecule has 0 saturated heterocycles. The molecule has 76 valence electrons. The maximum absolute atomic E-state index is 10.7. The Labute approximate surface area is 90.4 Å². The van der Waals surface area contributed by atoms with Crippen LogP contribution >= 0.6 is 15.9 Å². The lowest BCUT2D eigenvalue weighted by Crippen LogP contribution is -2.22. The van der Waals surface area contributed by atoms with Crippen LogP contribution < -0.4 is 0 Å². The van der Waals surface area contributed by atoms with Gasteiger partial charge in [-0.15, -0.1) is 0 Å². The summed E-state index contributed by atoms with van der Waals surface area (Å²) in [5, 5.41) is 16.3. The lowest BCUT2D eigenvalue weighted by Gasteiger charge is -2.03. The van der Waals surface area contributed by atoms with Crippen LogP contribution in [0.25, 0.3) is 0 Å². The first-order valence-corrected chi connectivity index (χ1v) is 5.19. The zero-order valence-corrected chi connectivity index (χ0v) is 9.34. The number of nitrogens with zero attached hydrogens (tertiary/aromatic N) is 1. The SMILES string of the molecule is CCC1=CC(=N)C(C(=O)O)=NC(Br)C1. The van der Waals surface area contributed by atoms with Crippen LogP contribution in [0.1, 0.15) is 19.8 Å². The number of alkyl halides is 1. The average Bonchev–Trinajstić information content (AvgIpc) is 2.25. The van der Waals surface area contributed by atoms with Crippen molar-refractivity contribution in [1.82, 2.24) is 0 Å². The van der Waals surface area contributed by atoms with E-state index in [2.05, 4.69) is 20.9 Å². The Morgan fingerprint density at radius 1 is 1.86 bits per heavy atom. The largest absolute Gasteiger partial charge is 0.476 e. The predicted octanol–water partition coefficient (Wildman–Crippen LogP) is 1.99. The molecule has 1 heterocycles. The number of aliphatic imine (C=N–C) groups is 1. The van der Waals surface area contributed by atoms with Crippen LogP contribution in [-0.2, 0) is 4.79 Å². The van der Waals surface area contributed by atoms with Crippen molar-refractivity contribution in [3.63, 3.8) is 0 Å². The van der Waals surface area contributed by atoms with Gasteiger partial charge in [0, 0.05) is 6.42 Å². The Hall–Kier alpha value is -0.970. The number of allylic oxidation sites excluding steroid dienone is 1. The molecule has 1 aliphatic heterocycles. The number of halogens is 1. The average molecular weight is 259 g/mol. The van der Waals surface area contributed by atoms with Crippen molar-refractivity contribution in [2.45, 2.75) is 24.7 Å². The van der Waals surface area contributed by atoms with Crippen molar-refractivity contribution >= 4 is 33.3 Å². The molecule has 1 aliphatic rings. The van der Waals surface area contributed by atoms with E-state index in [1.165, 1.54) is 0 Å². The van der Waals surface area contributed by atoms with Gasteiger partial charge in [-0.2, -0.15) is 0 Å². The summed E-state index contributed by atoms with van der Waals surface area (Å²) in [6.07, 6.45) is 3.07. The minimum atomic E-state index is -1.15. The summed E-state index contributed by atoms with van der Waals surface area (Å²) in [5.41, 5.74) is 0.850. The smallest absolute Gasteiger partial charge is 0.356 e. The number of hydrogen-bond donors (Lipinski definition) is 2. The van der Waals surface area contributed by atoms with E-state index >= 15 is 0 Å². The number of aliphatic carboxylic acids is 1. The van der Waals surface area contributed by atoms with E-state index in [1.807, 2.05) is 6.92 Å². The molecule has 0 aromatic rings. The second kappa shape index (κ2) is 4.50. The van der Waals surface area contributed by atoms with E-state index in [-0.39, 0.29) is 16.4 Å². The number of rotatable bonds is 2. The molecule has 0 aromatic carbocycles. The molecule has 1 atom stereocenters. The zero-order valence-electron chi connectivity index (χ0n) is 7.75. The number of carboxylic acid groups (broad SMARTS) is 1. The van der Waals surface area contributed by atoms with Crippen molar-refractivity contribution in [3.8, 4) is 0 Å². The van der Waals surface area contributed by atoms with Gasteiger partial charge in [0.1, 0.15) is 4.95 Å². The summed E-state index contributed by atoms with van der Waals surface area (Å²) >= 11 is 3.27. The van der Waals surface area contributed by atoms with Crippen LogP contribution in [0.4, 0.5) is 0 Å². The van der Waals surface area contributed by atoms with Gasteiger partial charge in [0.2, 0.25) is 0 Å². The quantitative estimate of drug-likeness (QED) is 0.587. The molecule has 0 spiro atoms. The van der Waals surface area contributed by atoms with E-state index in [9.17, 15) is 4.79 Å². The van der Waals surface area contributed by atoms with Crippen LogP contribution in [0.15, 0.2) is 16.6 Å². The molecule has 14 heavy (non-hydrogen) atoms. The summed E-state index contributed by atoms with van der Waals surface area (Å²) in [4.78, 5) is 14.4. The van der Waals surface area contributed by atoms with Gasteiger partial charge in [0.25, 0.3) is 0 Å². The fourth-order valence-electron chi connectivity index (χ4n) is 1.22. The second-order valence-corrected chi connectivity index (χ2v) is 4.05. The topological polar surface area (TPSA) is 73.5 Å². The first-order chi connectivity index (χ1) is 6.54. The Bertz CT molecular complexity index is 334. The molecule has 0 amide bonds. The molecule has 2 N–H and O–H groups in total. The zero-order chi connectivity index (χ0) is 10.7. The summed E-state index contributed by atoms with van der Waals surface area (Å²) in [5.74, 6) is -1.15. The number of hydrogen-bond acceptors (Lipinski definition) is 3. The van der Waals surface area contributed by atoms with Gasteiger partial charge >= 0.3 is 5.97 Å². The normalized spacial score (nSPS) is 22.4. The Balaban J connectivity index is 3.04. The monoisotopic (exact) mass is 258 g/mol. The fourth-order valence-corrected chi connectivity index (χ4v) is 1.84. The van der Waals surface area contributed by atoms with Gasteiger partial charge in [-0.05, 0) is 12.5 Å². The maximum atomic E-state index is 10.7. The molecule has 1 rings (SSSR count). The highest BCUT2D eigenvalue weighted by Crippen LogP contribution is 2.20. The number of carbonyl (C=O) groups is 1. The van der Waals surface area contributed by atoms with Crippen LogP contribution in [0.5, 0.6) is 0 Å². The summed E-state index contributed by atoms with van der Waals surface area (Å²) in [6.45, 7) is 1.98. The highest BCUT2D eigenvalue weighted by Gasteiger charge is 2.20. The minimum Gasteiger partial charge on any atom is -0.476 e. The molecule has 4 nitrogen and oxygen atoms in total. The summed E-state index contributed by atoms with van der Waals surface area (Å²) in [7, 11) is 0. The van der Waals surface area contributed by atoms with Gasteiger partial charge in [-0.3, -0.25) is 10.4 Å². The molecule has 0 fully saturated rings. The predicted molar refractivity (Wildman–Crippen MR) is 58.5 cm³/mol. The van der Waals surface area contributed by atoms with E-state index in [0.717, 1.165) is 12.0 Å². The molecular formula is C9H11BrN2O2. The van der Waals surface area contributed by atoms with E-state index in [4.69, 9.17) is 10.5 Å². The molecule has 0 saturated carbocycles. The van der Waals surface area contributed by atoms with Crippen molar-refractivity contribution in [1.29, 1.82) is 5.41 Å². The van der Waals surface area contributed by atoms with Gasteiger partial charge in [0.05, 0.1) is 5.71 Å². The molecular weight excluding hydrogens is 248 g/mol. The standard InChI is InChI=1S/C9H11BrN2O2/c1-2-5-3-6(11)8(9(13)14)12-7(10)4-5/h3,7,11H,2,4H2,1H3,(H,13,14). The van der Waals surface area contributed by atoms with Crippen LogP contribution in [0.2, 0.25) is 0 Å². The lowest BCUT2D eigenvalue weighted by molar-refractivity contribution is -0.129. The Kier molecular flexibility index (Phi) is 3.57. The van der Waals surface area contributed by atoms with Crippen LogP contribution in [0, 0.1) is 5.41 Å². The third-order valence-corrected chi connectivity index (χ3v) is 2.49. The van der Waals surface area contributed by atoms with E-state index < -0.39 is 5.97 Å². The van der Waals surface area contributed by atoms with Crippen molar-refractivity contribution in [3.05, 3.63) is 11.6 Å². The first-order valence-electron chi connectivity index (χ1n) is 4.28. The van der Waals surface area contributed by atoms with Crippen molar-refractivity contribution in [2.75, 3.05) is 0 Å². The second-order valence-electron chi connectivity index (χ2n) is 2.99. The van der Waals surface area contributed by atoms with E-state index in [0.29, 0.717) is 6.42 Å². The first kappa shape index (κ1) is 11.1. The minimum absolute atomic E-state index is 0.0173. The van der Waals surface area contributed by atoms with Gasteiger partial charge in [0.15, 0.2) is 5.71 Å². The van der Waals surface area contributed by atoms with Gasteiger partial charge in [-0.1, -0.05) is 28.4 Å². The van der Waals surface area contributed by atoms with Crippen LogP contribution in [0.3, 0.4) is 0 Å². The van der Waals surface area contributed by atoms with E-state index in [1.54, 1.807) is 6.08 Å². The third-order valence-electron chi connectivity index (χ3n) is 1.96. The molecule has 0 bridgehead atoms. The van der Waals surface area contributed by atoms with Gasteiger partial charge in [-0.25, -0.2) is 4.79 Å². The molecule has 0 aliphatic carbocycles. The maximum Gasteiger partial charge on any atom is 0.356 e. The summed E-state index contributed by atoms with van der Waals surface area (Å²) < 4.78 is 0. The molecule has 0 aromatic heterocycles. The number of carboxylic acids is 1. The molecule has 5 heteroatoms. The highest BCUT2D eigenvalue weighted by atomic mass is 79.9.